The van der Waals surface area contributed by atoms with Gasteiger partial charge in [0.25, 0.3) is 0 Å². The van der Waals surface area contributed by atoms with Gasteiger partial charge in [0.05, 0.1) is 0 Å². The molecule has 1 aliphatic heterocycles. The van der Waals surface area contributed by atoms with E-state index in [9.17, 15) is 0 Å². The van der Waals surface area contributed by atoms with Crippen molar-refractivity contribution in [3.8, 4) is 0 Å². The molecule has 1 saturated heterocycles. The summed E-state index contributed by atoms with van der Waals surface area (Å²) in [6.07, 6.45) is 4.04. The molecule has 0 bridgehead atoms. The van der Waals surface area contributed by atoms with Crippen LogP contribution >= 0.6 is 27.3 Å². The van der Waals surface area contributed by atoms with E-state index in [-0.39, 0.29) is 0 Å². The van der Waals surface area contributed by atoms with Crippen LogP contribution in [0.25, 0.3) is 0 Å². The molecule has 0 spiro atoms. The Morgan fingerprint density at radius 3 is 3.00 bits per heavy atom. The van der Waals surface area contributed by atoms with Crippen molar-refractivity contribution in [1.29, 1.82) is 0 Å². The Kier molecular flexibility index (Phi) is 5.67. The number of rotatable bonds is 4. The minimum atomic E-state index is 0.586. The van der Waals surface area contributed by atoms with E-state index < -0.39 is 0 Å². The normalized spacial score (nSPS) is 26.2. The molecule has 2 rings (SSSR count). The van der Waals surface area contributed by atoms with Gasteiger partial charge in [0.15, 0.2) is 0 Å². The van der Waals surface area contributed by atoms with Gasteiger partial charge in [-0.1, -0.05) is 13.3 Å². The Morgan fingerprint density at radius 2 is 2.33 bits per heavy atom. The highest BCUT2D eigenvalue weighted by molar-refractivity contribution is 9.10. The Hall–Kier alpha value is 0.1000. The highest BCUT2D eigenvalue weighted by Crippen LogP contribution is 2.37. The zero-order valence-corrected chi connectivity index (χ0v) is 13.7. The Bertz CT molecular complexity index is 366. The van der Waals surface area contributed by atoms with Crippen LogP contribution in [0, 0.1) is 5.92 Å². The molecular weight excluding hydrogens is 308 g/mol. The predicted molar refractivity (Wildman–Crippen MR) is 83.3 cm³/mol. The SMILES string of the molecule is CCNCC1CCCCN(C)C1c1cc(Br)cs1. The second-order valence-corrected chi connectivity index (χ2v) is 7.01. The van der Waals surface area contributed by atoms with Gasteiger partial charge >= 0.3 is 0 Å². The molecule has 2 atom stereocenters. The molecule has 102 valence electrons. The summed E-state index contributed by atoms with van der Waals surface area (Å²) in [5.74, 6) is 0.739. The number of thiophene rings is 1. The molecule has 2 unspecified atom stereocenters. The molecule has 0 saturated carbocycles. The van der Waals surface area contributed by atoms with Crippen LogP contribution in [0.1, 0.15) is 37.1 Å². The fourth-order valence-electron chi connectivity index (χ4n) is 2.90. The summed E-state index contributed by atoms with van der Waals surface area (Å²) in [5.41, 5.74) is 0. The zero-order valence-electron chi connectivity index (χ0n) is 11.3. The van der Waals surface area contributed by atoms with Crippen LogP contribution in [0.3, 0.4) is 0 Å². The second-order valence-electron chi connectivity index (χ2n) is 5.16. The highest BCUT2D eigenvalue weighted by Gasteiger charge is 2.29. The minimum Gasteiger partial charge on any atom is -0.317 e. The van der Waals surface area contributed by atoms with E-state index in [1.54, 1.807) is 0 Å². The molecule has 0 amide bonds. The Morgan fingerprint density at radius 1 is 1.50 bits per heavy atom. The van der Waals surface area contributed by atoms with Gasteiger partial charge in [-0.05, 0) is 67.4 Å². The van der Waals surface area contributed by atoms with Crippen molar-refractivity contribution >= 4 is 27.3 Å². The lowest BCUT2D eigenvalue weighted by Gasteiger charge is -2.31. The third kappa shape index (κ3) is 3.56. The van der Waals surface area contributed by atoms with Gasteiger partial charge in [0.1, 0.15) is 0 Å². The van der Waals surface area contributed by atoms with Crippen LogP contribution in [0.4, 0.5) is 0 Å². The van der Waals surface area contributed by atoms with E-state index in [0.717, 1.165) is 19.0 Å². The summed E-state index contributed by atoms with van der Waals surface area (Å²) < 4.78 is 1.22. The summed E-state index contributed by atoms with van der Waals surface area (Å²) in [7, 11) is 2.28. The molecule has 1 aromatic heterocycles. The number of nitrogens with one attached hydrogen (secondary N) is 1. The Labute approximate surface area is 123 Å². The number of hydrogen-bond donors (Lipinski definition) is 1. The van der Waals surface area contributed by atoms with Gasteiger partial charge in [-0.2, -0.15) is 0 Å². The fraction of sp³-hybridized carbons (Fsp3) is 0.714. The molecule has 1 N–H and O–H groups in total. The molecule has 2 nitrogen and oxygen atoms in total. The van der Waals surface area contributed by atoms with Crippen molar-refractivity contribution in [2.45, 2.75) is 32.2 Å². The molecule has 1 fully saturated rings. The fourth-order valence-corrected chi connectivity index (χ4v) is 4.60. The van der Waals surface area contributed by atoms with Gasteiger partial charge in [-0.3, -0.25) is 4.90 Å². The monoisotopic (exact) mass is 330 g/mol. The standard InChI is InChI=1S/C14H23BrN2S/c1-3-16-9-11-6-4-5-7-17(2)14(11)13-8-12(15)10-18-13/h8,10-11,14,16H,3-7,9H2,1-2H3. The quantitative estimate of drug-likeness (QED) is 0.900. The minimum absolute atomic E-state index is 0.586. The number of likely N-dealkylation sites (tertiary alicyclic amines) is 1. The van der Waals surface area contributed by atoms with Gasteiger partial charge < -0.3 is 5.32 Å². The molecule has 18 heavy (non-hydrogen) atoms. The first-order valence-electron chi connectivity index (χ1n) is 6.87. The lowest BCUT2D eigenvalue weighted by molar-refractivity contribution is 0.193. The maximum absolute atomic E-state index is 3.59. The lowest BCUT2D eigenvalue weighted by Crippen LogP contribution is -2.34. The topological polar surface area (TPSA) is 15.3 Å². The number of halogens is 1. The van der Waals surface area contributed by atoms with Gasteiger partial charge in [0, 0.05) is 20.8 Å². The summed E-state index contributed by atoms with van der Waals surface area (Å²) in [6.45, 7) is 5.63. The van der Waals surface area contributed by atoms with E-state index in [4.69, 9.17) is 0 Å². The second kappa shape index (κ2) is 7.04. The van der Waals surface area contributed by atoms with Crippen LogP contribution in [-0.2, 0) is 0 Å². The first-order chi connectivity index (χ1) is 8.72. The van der Waals surface area contributed by atoms with Crippen molar-refractivity contribution in [2.24, 2.45) is 5.92 Å². The van der Waals surface area contributed by atoms with Gasteiger partial charge in [-0.15, -0.1) is 11.3 Å². The van der Waals surface area contributed by atoms with Crippen LogP contribution in [0.15, 0.2) is 15.9 Å². The number of nitrogens with zero attached hydrogens (tertiary/aromatic N) is 1. The van der Waals surface area contributed by atoms with Crippen LogP contribution in [0.5, 0.6) is 0 Å². The zero-order chi connectivity index (χ0) is 13.0. The smallest absolute Gasteiger partial charge is 0.0479 e. The highest BCUT2D eigenvalue weighted by atomic mass is 79.9. The third-order valence-electron chi connectivity index (χ3n) is 3.79. The predicted octanol–water partition coefficient (Wildman–Crippen LogP) is 3.89. The molecule has 1 aromatic rings. The van der Waals surface area contributed by atoms with Crippen molar-refractivity contribution in [1.82, 2.24) is 10.2 Å². The van der Waals surface area contributed by atoms with E-state index in [2.05, 4.69) is 51.6 Å². The summed E-state index contributed by atoms with van der Waals surface area (Å²) in [4.78, 5) is 4.06. The maximum Gasteiger partial charge on any atom is 0.0479 e. The van der Waals surface area contributed by atoms with Gasteiger partial charge in [0.2, 0.25) is 0 Å². The average molecular weight is 331 g/mol. The largest absolute Gasteiger partial charge is 0.317 e. The molecule has 4 heteroatoms. The molecular formula is C14H23BrN2S. The Balaban J connectivity index is 2.17. The third-order valence-corrected chi connectivity index (χ3v) is 5.56. The molecule has 1 aliphatic rings. The van der Waals surface area contributed by atoms with E-state index in [0.29, 0.717) is 6.04 Å². The van der Waals surface area contributed by atoms with Crippen LogP contribution in [0.2, 0.25) is 0 Å². The van der Waals surface area contributed by atoms with E-state index >= 15 is 0 Å². The van der Waals surface area contributed by atoms with Crippen LogP contribution in [-0.4, -0.2) is 31.6 Å². The molecule has 0 radical (unpaired) electrons. The molecule has 0 aromatic carbocycles. The van der Waals surface area contributed by atoms with Crippen LogP contribution < -0.4 is 5.32 Å². The van der Waals surface area contributed by atoms with E-state index in [1.807, 2.05) is 11.3 Å². The summed E-state index contributed by atoms with van der Waals surface area (Å²) in [5, 5.41) is 5.75. The van der Waals surface area contributed by atoms with Crippen molar-refractivity contribution in [3.05, 3.63) is 20.8 Å². The summed E-state index contributed by atoms with van der Waals surface area (Å²) >= 11 is 5.48. The maximum atomic E-state index is 3.59. The van der Waals surface area contributed by atoms with E-state index in [1.165, 1.54) is 35.2 Å². The van der Waals surface area contributed by atoms with Crippen molar-refractivity contribution in [2.75, 3.05) is 26.7 Å². The van der Waals surface area contributed by atoms with Gasteiger partial charge in [-0.25, -0.2) is 0 Å². The first-order valence-corrected chi connectivity index (χ1v) is 8.54. The molecule has 0 aliphatic carbocycles. The van der Waals surface area contributed by atoms with Crippen molar-refractivity contribution < 1.29 is 0 Å². The lowest BCUT2D eigenvalue weighted by atomic mass is 9.93. The molecule has 2 heterocycles. The van der Waals surface area contributed by atoms with Crippen molar-refractivity contribution in [3.63, 3.8) is 0 Å². The number of hydrogen-bond acceptors (Lipinski definition) is 3. The average Bonchev–Trinajstić information content (AvgIpc) is 2.68. The first kappa shape index (κ1) is 14.5. The summed E-state index contributed by atoms with van der Waals surface area (Å²) in [6, 6.07) is 2.89.